The maximum Gasteiger partial charge on any atom is 0.530 e. The summed E-state index contributed by atoms with van der Waals surface area (Å²) in [5, 5.41) is -5.30. The van der Waals surface area contributed by atoms with E-state index in [1.165, 1.54) is 0 Å². The fourth-order valence-electron chi connectivity index (χ4n) is 2.29. The molecule has 0 N–H and O–H groups in total. The smallest absolute Gasteiger partial charge is 0.530 e. The number of hydrogen-bond acceptors (Lipinski definition) is 3. The molecule has 0 spiro atoms. The van der Waals surface area contributed by atoms with Crippen LogP contribution in [0.15, 0.2) is 36.4 Å². The molecule has 0 fully saturated rings. The maximum atomic E-state index is 13.9. The van der Waals surface area contributed by atoms with Crippen molar-refractivity contribution in [1.29, 1.82) is 0 Å². The Balaban J connectivity index is 0.000000343. The predicted molar refractivity (Wildman–Crippen MR) is 85.8 cm³/mol. The van der Waals surface area contributed by atoms with Crippen LogP contribution in [0.3, 0.4) is 0 Å². The largest absolute Gasteiger partial charge is 0.741 e. The van der Waals surface area contributed by atoms with Gasteiger partial charge in [0.25, 0.3) is 0 Å². The first-order valence-electron chi connectivity index (χ1n) is 7.18. The van der Waals surface area contributed by atoms with Crippen LogP contribution in [0.25, 0.3) is 20.2 Å². The lowest BCUT2D eigenvalue weighted by atomic mass is 10.1. The molecule has 0 amide bonds. The van der Waals surface area contributed by atoms with Gasteiger partial charge in [0, 0.05) is 12.1 Å². The third-order valence-corrected chi connectivity index (χ3v) is 6.39. The van der Waals surface area contributed by atoms with Crippen LogP contribution < -0.4 is 0 Å². The molecule has 0 saturated carbocycles. The zero-order chi connectivity index (χ0) is 23.3. The van der Waals surface area contributed by atoms with Crippen molar-refractivity contribution in [2.24, 2.45) is 0 Å². The SMILES string of the molecule is Fc1ccc2c(c1)c1cc(F)ccc1[s+]2C(F)(F)C(F)(F)F.O=S(=O)([O-])C(F)(F)F. The highest BCUT2D eigenvalue weighted by Crippen LogP contribution is 2.59. The van der Waals surface area contributed by atoms with Gasteiger partial charge < -0.3 is 4.55 Å². The highest BCUT2D eigenvalue weighted by atomic mass is 32.2. The third kappa shape index (κ3) is 4.46. The molecule has 0 atom stereocenters. The van der Waals surface area contributed by atoms with E-state index in [2.05, 4.69) is 0 Å². The molecule has 0 bridgehead atoms. The lowest BCUT2D eigenvalue weighted by Gasteiger charge is -2.12. The summed E-state index contributed by atoms with van der Waals surface area (Å²) >= 11 is 0. The topological polar surface area (TPSA) is 57.2 Å². The number of thiophene rings is 1. The molecule has 0 aliphatic rings. The zero-order valence-corrected chi connectivity index (χ0v) is 15.4. The molecule has 166 valence electrons. The van der Waals surface area contributed by atoms with E-state index in [-0.39, 0.29) is 20.2 Å². The summed E-state index contributed by atoms with van der Waals surface area (Å²) in [4.78, 5) is 0. The van der Waals surface area contributed by atoms with Crippen LogP contribution in [0, 0.1) is 11.6 Å². The molecule has 3 nitrogen and oxygen atoms in total. The van der Waals surface area contributed by atoms with E-state index in [1.54, 1.807) is 0 Å². The molecular formula is C15H6F10O3S2. The number of halogens is 10. The molecule has 15 heteroatoms. The average Bonchev–Trinajstić information content (AvgIpc) is 2.86. The van der Waals surface area contributed by atoms with Crippen LogP contribution in [0.1, 0.15) is 0 Å². The molecule has 3 aromatic rings. The minimum atomic E-state index is -6.09. The first-order chi connectivity index (χ1) is 13.4. The first kappa shape index (κ1) is 24.1. The van der Waals surface area contributed by atoms with Gasteiger partial charge in [-0.2, -0.15) is 26.3 Å². The van der Waals surface area contributed by atoms with Gasteiger partial charge in [0.1, 0.15) is 11.6 Å². The second-order valence-corrected chi connectivity index (χ2v) is 8.88. The van der Waals surface area contributed by atoms with E-state index >= 15 is 0 Å². The summed E-state index contributed by atoms with van der Waals surface area (Å²) in [5.74, 6) is -1.59. The van der Waals surface area contributed by atoms with Crippen molar-refractivity contribution in [2.75, 3.05) is 0 Å². The van der Waals surface area contributed by atoms with Gasteiger partial charge in [0.2, 0.25) is 0 Å². The Labute approximate surface area is 163 Å². The van der Waals surface area contributed by atoms with Gasteiger partial charge >= 0.3 is 16.9 Å². The van der Waals surface area contributed by atoms with Gasteiger partial charge in [-0.15, -0.1) is 8.78 Å². The second-order valence-electron chi connectivity index (χ2n) is 5.50. The zero-order valence-electron chi connectivity index (χ0n) is 13.8. The molecule has 1 aromatic heterocycles. The average molecular weight is 488 g/mol. The number of hydrogen-bond donors (Lipinski definition) is 0. The number of rotatable bonds is 1. The Hall–Kier alpha value is -2.13. The molecule has 2 aromatic carbocycles. The molecule has 0 aliphatic heterocycles. The quantitative estimate of drug-likeness (QED) is 0.178. The predicted octanol–water partition coefficient (Wildman–Crippen LogP) is 6.18. The van der Waals surface area contributed by atoms with Crippen molar-refractivity contribution in [2.45, 2.75) is 16.9 Å². The lowest BCUT2D eigenvalue weighted by Crippen LogP contribution is -2.29. The van der Waals surface area contributed by atoms with E-state index in [1.807, 2.05) is 0 Å². The first-order valence-corrected chi connectivity index (χ1v) is 9.82. The normalized spacial score (nSPS) is 13.4. The molecule has 0 unspecified atom stereocenters. The Bertz CT molecular complexity index is 1130. The highest BCUT2D eigenvalue weighted by molar-refractivity contribution is 7.86. The minimum absolute atomic E-state index is 0.137. The van der Waals surface area contributed by atoms with E-state index in [4.69, 9.17) is 13.0 Å². The monoisotopic (exact) mass is 488 g/mol. The van der Waals surface area contributed by atoms with Gasteiger partial charge in [-0.3, -0.25) is 0 Å². The lowest BCUT2D eigenvalue weighted by molar-refractivity contribution is -0.264. The molecule has 0 aliphatic carbocycles. The Morgan fingerprint density at radius 1 is 0.733 bits per heavy atom. The van der Waals surface area contributed by atoms with Crippen molar-refractivity contribution in [3.8, 4) is 0 Å². The summed E-state index contributed by atoms with van der Waals surface area (Å²) < 4.78 is 151. The van der Waals surface area contributed by atoms with Crippen LogP contribution in [-0.2, 0) is 15.4 Å². The molecular weight excluding hydrogens is 482 g/mol. The Morgan fingerprint density at radius 3 is 1.33 bits per heavy atom. The van der Waals surface area contributed by atoms with Gasteiger partial charge in [0.05, 0.1) is 21.2 Å². The van der Waals surface area contributed by atoms with Crippen LogP contribution in [0.4, 0.5) is 43.9 Å². The molecule has 3 rings (SSSR count). The summed E-state index contributed by atoms with van der Waals surface area (Å²) in [7, 11) is -8.76. The van der Waals surface area contributed by atoms with Crippen molar-refractivity contribution < 1.29 is 56.9 Å². The highest BCUT2D eigenvalue weighted by Gasteiger charge is 2.69. The van der Waals surface area contributed by atoms with Crippen molar-refractivity contribution >= 4 is 40.8 Å². The van der Waals surface area contributed by atoms with Crippen molar-refractivity contribution in [1.82, 2.24) is 0 Å². The number of benzene rings is 2. The Morgan fingerprint density at radius 2 is 1.07 bits per heavy atom. The fourth-order valence-corrected chi connectivity index (χ4v) is 4.50. The number of fused-ring (bicyclic) bond motifs is 3. The maximum absolute atomic E-state index is 13.9. The van der Waals surface area contributed by atoms with E-state index < -0.39 is 49.2 Å². The molecule has 0 radical (unpaired) electrons. The third-order valence-electron chi connectivity index (χ3n) is 3.48. The second kappa shape index (κ2) is 7.53. The van der Waals surface area contributed by atoms with Gasteiger partial charge in [-0.1, -0.05) is 0 Å². The minimum Gasteiger partial charge on any atom is -0.741 e. The van der Waals surface area contributed by atoms with Gasteiger partial charge in [0.15, 0.2) is 19.5 Å². The summed E-state index contributed by atoms with van der Waals surface area (Å²) in [6.45, 7) is 0. The van der Waals surface area contributed by atoms with Crippen LogP contribution in [0.2, 0.25) is 0 Å². The van der Waals surface area contributed by atoms with Crippen LogP contribution in [-0.4, -0.2) is 24.7 Å². The van der Waals surface area contributed by atoms with E-state index in [0.717, 1.165) is 36.4 Å². The summed E-state index contributed by atoms with van der Waals surface area (Å²) in [5.41, 5.74) is -5.65. The fraction of sp³-hybridized carbons (Fsp3) is 0.200. The van der Waals surface area contributed by atoms with E-state index in [9.17, 15) is 43.9 Å². The summed E-state index contributed by atoms with van der Waals surface area (Å²) in [6, 6.07) is 5.10. The molecule has 0 saturated heterocycles. The van der Waals surface area contributed by atoms with Crippen molar-refractivity contribution in [3.63, 3.8) is 0 Å². The van der Waals surface area contributed by atoms with Crippen molar-refractivity contribution in [3.05, 3.63) is 48.0 Å². The standard InChI is InChI=1S/C14H6F7S.CHF3O3S/c15-7-1-3-11-9(5-7)10-6-8(16)2-4-12(10)22(11)14(20,21)13(17,18)19;2-1(3,4)8(5,6)7/h1-6H;(H,5,6,7)/q+1;/p-1. The van der Waals surface area contributed by atoms with Crippen LogP contribution in [0.5, 0.6) is 0 Å². The molecule has 1 heterocycles. The van der Waals surface area contributed by atoms with Gasteiger partial charge in [-0.25, -0.2) is 17.2 Å². The Kier molecular flexibility index (Phi) is 6.06. The number of alkyl halides is 8. The van der Waals surface area contributed by atoms with Gasteiger partial charge in [-0.05, 0) is 24.3 Å². The molecule has 30 heavy (non-hydrogen) atoms. The van der Waals surface area contributed by atoms with E-state index in [0.29, 0.717) is 0 Å². The summed E-state index contributed by atoms with van der Waals surface area (Å²) in [6.07, 6.45) is -5.77. The van der Waals surface area contributed by atoms with Crippen LogP contribution >= 0.6 is 10.5 Å².